The molecule has 2 nitrogen and oxygen atoms in total. The second-order valence-electron chi connectivity index (χ2n) is 9.02. The first-order valence-electron chi connectivity index (χ1n) is 10.4. The first-order valence-corrected chi connectivity index (χ1v) is 10.4. The molecule has 0 atom stereocenters. The average Bonchev–Trinajstić information content (AvgIpc) is 2.61. The van der Waals surface area contributed by atoms with Crippen molar-refractivity contribution in [1.82, 2.24) is 0 Å². The Kier molecular flexibility index (Phi) is 7.11. The van der Waals surface area contributed by atoms with Crippen LogP contribution in [0.3, 0.4) is 0 Å². The summed E-state index contributed by atoms with van der Waals surface area (Å²) in [6.45, 7) is 18.1. The molecule has 0 unspecified atom stereocenters. The molecule has 2 aromatic rings. The van der Waals surface area contributed by atoms with Crippen molar-refractivity contribution < 1.29 is 9.48 Å². The van der Waals surface area contributed by atoms with Gasteiger partial charge in [0.25, 0.3) is 0 Å². The lowest BCUT2D eigenvalue weighted by Gasteiger charge is -2.49. The highest BCUT2D eigenvalue weighted by molar-refractivity contribution is 5.31. The van der Waals surface area contributed by atoms with Crippen LogP contribution in [0.25, 0.3) is 0 Å². The van der Waals surface area contributed by atoms with Crippen molar-refractivity contribution in [3.63, 3.8) is 0 Å². The standard InChI is InChI=1S/C25H38NO/c1-8-22-14-12-13-17-24(22)25(6,7)26(18-20(2)3,19-21(4)5)27-23-15-10-9-11-16-23/h9-17,20-21H,8,18-19H2,1-7H3/q+1. The van der Waals surface area contributed by atoms with Crippen molar-refractivity contribution in [1.29, 1.82) is 0 Å². The molecule has 0 spiro atoms. The van der Waals surface area contributed by atoms with Crippen molar-refractivity contribution >= 4 is 0 Å². The van der Waals surface area contributed by atoms with Crippen LogP contribution >= 0.6 is 0 Å². The smallest absolute Gasteiger partial charge is 0.190 e. The van der Waals surface area contributed by atoms with E-state index in [1.807, 2.05) is 6.07 Å². The largest absolute Gasteiger partial charge is 0.315 e. The number of aryl methyl sites for hydroxylation is 1. The van der Waals surface area contributed by atoms with Gasteiger partial charge in [0.15, 0.2) is 11.3 Å². The summed E-state index contributed by atoms with van der Waals surface area (Å²) in [6.07, 6.45) is 1.04. The van der Waals surface area contributed by atoms with Crippen LogP contribution in [0.2, 0.25) is 0 Å². The third-order valence-corrected chi connectivity index (χ3v) is 5.42. The molecule has 0 saturated heterocycles. The summed E-state index contributed by atoms with van der Waals surface area (Å²) in [5.74, 6) is 2.00. The normalized spacial score (nSPS) is 12.6. The minimum absolute atomic E-state index is 0.170. The van der Waals surface area contributed by atoms with Gasteiger partial charge in [0.2, 0.25) is 0 Å². The van der Waals surface area contributed by atoms with Gasteiger partial charge in [0.05, 0.1) is 0 Å². The second-order valence-corrected chi connectivity index (χ2v) is 9.02. The summed E-state index contributed by atoms with van der Waals surface area (Å²) in [5, 5.41) is 0. The van der Waals surface area contributed by atoms with Crippen molar-refractivity contribution in [3.8, 4) is 5.75 Å². The van der Waals surface area contributed by atoms with Crippen LogP contribution in [-0.4, -0.2) is 17.7 Å². The lowest BCUT2D eigenvalue weighted by molar-refractivity contribution is -1.12. The second kappa shape index (κ2) is 8.93. The molecule has 0 heterocycles. The quantitative estimate of drug-likeness (QED) is 0.357. The fraction of sp³-hybridized carbons (Fsp3) is 0.520. The zero-order valence-electron chi connectivity index (χ0n) is 18.3. The molecule has 148 valence electrons. The molecule has 27 heavy (non-hydrogen) atoms. The first kappa shape index (κ1) is 21.5. The molecule has 0 aliphatic carbocycles. The van der Waals surface area contributed by atoms with Crippen LogP contribution < -0.4 is 4.84 Å². The van der Waals surface area contributed by atoms with Gasteiger partial charge in [-0.05, 0) is 38.0 Å². The summed E-state index contributed by atoms with van der Waals surface area (Å²) in [5.41, 5.74) is 2.63. The van der Waals surface area contributed by atoms with E-state index in [0.717, 1.165) is 25.3 Å². The summed E-state index contributed by atoms with van der Waals surface area (Å²) in [6, 6.07) is 19.2. The number of benzene rings is 2. The molecule has 0 bridgehead atoms. The number of rotatable bonds is 9. The van der Waals surface area contributed by atoms with E-state index in [-0.39, 0.29) is 5.54 Å². The fourth-order valence-corrected chi connectivity index (χ4v) is 4.23. The SMILES string of the molecule is CCc1ccccc1C(C)(C)[N+](CC(C)C)(CC(C)C)Oc1ccccc1. The molecule has 2 heteroatoms. The number of hydrogen-bond acceptors (Lipinski definition) is 1. The predicted octanol–water partition coefficient (Wildman–Crippen LogP) is 6.61. The summed E-state index contributed by atoms with van der Waals surface area (Å²) in [4.78, 5) is 6.88. The van der Waals surface area contributed by atoms with Crippen LogP contribution in [0.15, 0.2) is 54.6 Å². The number of hydrogen-bond donors (Lipinski definition) is 0. The van der Waals surface area contributed by atoms with Gasteiger partial charge >= 0.3 is 0 Å². The summed E-state index contributed by atoms with van der Waals surface area (Å²) >= 11 is 0. The molecular weight excluding hydrogens is 330 g/mol. The topological polar surface area (TPSA) is 9.23 Å². The van der Waals surface area contributed by atoms with Crippen LogP contribution in [0.1, 0.15) is 59.6 Å². The first-order chi connectivity index (χ1) is 12.7. The molecule has 0 fully saturated rings. The molecule has 0 amide bonds. The Labute approximate surface area is 166 Å². The molecule has 0 saturated carbocycles. The number of quaternary nitrogens is 1. The predicted molar refractivity (Wildman–Crippen MR) is 116 cm³/mol. The third kappa shape index (κ3) is 4.93. The maximum Gasteiger partial charge on any atom is 0.190 e. The highest BCUT2D eigenvalue weighted by atomic mass is 16.7. The van der Waals surface area contributed by atoms with E-state index in [9.17, 15) is 0 Å². The number of para-hydroxylation sites is 1. The van der Waals surface area contributed by atoms with Crippen molar-refractivity contribution in [3.05, 3.63) is 65.7 Å². The van der Waals surface area contributed by atoms with Gasteiger partial charge in [0, 0.05) is 17.4 Å². The lowest BCUT2D eigenvalue weighted by Crippen LogP contribution is -2.64. The van der Waals surface area contributed by atoms with E-state index in [1.54, 1.807) is 0 Å². The van der Waals surface area contributed by atoms with Gasteiger partial charge < -0.3 is 4.84 Å². The van der Waals surface area contributed by atoms with E-state index in [1.165, 1.54) is 11.1 Å². The lowest BCUT2D eigenvalue weighted by atomic mass is 9.85. The van der Waals surface area contributed by atoms with Crippen LogP contribution in [0.4, 0.5) is 0 Å². The van der Waals surface area contributed by atoms with Crippen LogP contribution in [-0.2, 0) is 12.0 Å². The Morgan fingerprint density at radius 3 is 1.85 bits per heavy atom. The molecule has 0 aliphatic heterocycles. The highest BCUT2D eigenvalue weighted by Gasteiger charge is 2.50. The zero-order valence-corrected chi connectivity index (χ0v) is 18.3. The van der Waals surface area contributed by atoms with Gasteiger partial charge in [-0.2, -0.15) is 0 Å². The van der Waals surface area contributed by atoms with E-state index in [0.29, 0.717) is 16.5 Å². The average molecular weight is 369 g/mol. The minimum Gasteiger partial charge on any atom is -0.315 e. The Bertz CT molecular complexity index is 693. The van der Waals surface area contributed by atoms with Gasteiger partial charge in [-0.25, -0.2) is 0 Å². The third-order valence-electron chi connectivity index (χ3n) is 5.42. The van der Waals surface area contributed by atoms with Gasteiger partial charge in [-0.3, -0.25) is 0 Å². The Hall–Kier alpha value is -1.80. The monoisotopic (exact) mass is 368 g/mol. The van der Waals surface area contributed by atoms with E-state index < -0.39 is 0 Å². The molecule has 0 aliphatic rings. The minimum atomic E-state index is -0.170. The highest BCUT2D eigenvalue weighted by Crippen LogP contribution is 2.40. The molecule has 0 radical (unpaired) electrons. The maximum absolute atomic E-state index is 6.88. The number of nitrogens with zero attached hydrogens (tertiary/aromatic N) is 1. The van der Waals surface area contributed by atoms with E-state index in [2.05, 4.69) is 97.0 Å². The summed E-state index contributed by atoms with van der Waals surface area (Å²) in [7, 11) is 0. The van der Waals surface area contributed by atoms with Crippen molar-refractivity contribution in [2.24, 2.45) is 11.8 Å². The summed E-state index contributed by atoms with van der Waals surface area (Å²) < 4.78 is 0.601. The molecule has 0 N–H and O–H groups in total. The van der Waals surface area contributed by atoms with Crippen molar-refractivity contribution in [2.75, 3.05) is 13.1 Å². The maximum atomic E-state index is 6.88. The zero-order chi connectivity index (χ0) is 20.1. The Balaban J connectivity index is 2.63. The molecular formula is C25H38NO+. The van der Waals surface area contributed by atoms with Crippen molar-refractivity contribution in [2.45, 2.75) is 60.4 Å². The van der Waals surface area contributed by atoms with Gasteiger partial charge in [-0.15, -0.1) is 4.65 Å². The van der Waals surface area contributed by atoms with Crippen LogP contribution in [0.5, 0.6) is 5.75 Å². The fourth-order valence-electron chi connectivity index (χ4n) is 4.23. The van der Waals surface area contributed by atoms with E-state index >= 15 is 0 Å². The van der Waals surface area contributed by atoms with Crippen LogP contribution in [0, 0.1) is 11.8 Å². The number of hydroxylamine groups is 3. The Morgan fingerprint density at radius 1 is 0.815 bits per heavy atom. The molecule has 0 aromatic heterocycles. The van der Waals surface area contributed by atoms with E-state index in [4.69, 9.17) is 4.84 Å². The molecule has 2 aromatic carbocycles. The van der Waals surface area contributed by atoms with Gasteiger partial charge in [0.1, 0.15) is 13.1 Å². The molecule has 2 rings (SSSR count). The van der Waals surface area contributed by atoms with Gasteiger partial charge in [-0.1, -0.05) is 77.1 Å². The Morgan fingerprint density at radius 2 is 1.33 bits per heavy atom.